The predicted octanol–water partition coefficient (Wildman–Crippen LogP) is 2.97. The van der Waals surface area contributed by atoms with Crippen molar-refractivity contribution in [3.63, 3.8) is 0 Å². The third-order valence-electron chi connectivity index (χ3n) is 3.38. The minimum atomic E-state index is -0.433. The summed E-state index contributed by atoms with van der Waals surface area (Å²) >= 11 is 0. The van der Waals surface area contributed by atoms with Gasteiger partial charge >= 0.3 is 0 Å². The number of hydrogen-bond acceptors (Lipinski definition) is 3. The largest absolute Gasteiger partial charge is 0.486 e. The summed E-state index contributed by atoms with van der Waals surface area (Å²) in [6.45, 7) is 2.20. The Morgan fingerprint density at radius 2 is 1.95 bits per heavy atom. The Morgan fingerprint density at radius 1 is 1.20 bits per heavy atom. The number of para-hydroxylation sites is 2. The van der Waals surface area contributed by atoms with E-state index in [1.54, 1.807) is 0 Å². The summed E-state index contributed by atoms with van der Waals surface area (Å²) in [6, 6.07) is 11.8. The molecular formula is C16H16FNO2. The van der Waals surface area contributed by atoms with Crippen LogP contribution in [0.15, 0.2) is 42.5 Å². The van der Waals surface area contributed by atoms with E-state index in [-0.39, 0.29) is 11.9 Å². The van der Waals surface area contributed by atoms with Gasteiger partial charge in [0, 0.05) is 0 Å². The van der Waals surface area contributed by atoms with E-state index in [0.29, 0.717) is 18.1 Å². The van der Waals surface area contributed by atoms with Crippen molar-refractivity contribution >= 4 is 0 Å². The summed E-state index contributed by atoms with van der Waals surface area (Å²) in [4.78, 5) is 0. The van der Waals surface area contributed by atoms with E-state index < -0.39 is 6.04 Å². The van der Waals surface area contributed by atoms with Gasteiger partial charge in [-0.2, -0.15) is 0 Å². The van der Waals surface area contributed by atoms with Crippen LogP contribution in [-0.4, -0.2) is 12.7 Å². The van der Waals surface area contributed by atoms with Crippen LogP contribution in [0.1, 0.15) is 17.2 Å². The fourth-order valence-corrected chi connectivity index (χ4v) is 2.38. The second kappa shape index (κ2) is 5.13. The molecule has 0 amide bonds. The highest BCUT2D eigenvalue weighted by molar-refractivity contribution is 5.41. The highest BCUT2D eigenvalue weighted by Gasteiger charge is 2.27. The molecular weight excluding hydrogens is 257 g/mol. The van der Waals surface area contributed by atoms with E-state index in [1.165, 1.54) is 12.1 Å². The second-order valence-corrected chi connectivity index (χ2v) is 5.00. The summed E-state index contributed by atoms with van der Waals surface area (Å²) in [5, 5.41) is 0. The summed E-state index contributed by atoms with van der Waals surface area (Å²) in [7, 11) is 0. The summed E-state index contributed by atoms with van der Waals surface area (Å²) in [5.41, 5.74) is 7.75. The molecule has 104 valence electrons. The van der Waals surface area contributed by atoms with Gasteiger partial charge in [-0.3, -0.25) is 0 Å². The minimum Gasteiger partial charge on any atom is -0.486 e. The van der Waals surface area contributed by atoms with E-state index in [1.807, 2.05) is 37.3 Å². The lowest BCUT2D eigenvalue weighted by Crippen LogP contribution is -2.39. The molecule has 0 radical (unpaired) electrons. The average molecular weight is 273 g/mol. The molecule has 0 bridgehead atoms. The molecule has 2 N–H and O–H groups in total. The van der Waals surface area contributed by atoms with Crippen molar-refractivity contribution in [3.8, 4) is 11.5 Å². The highest BCUT2D eigenvalue weighted by atomic mass is 19.1. The van der Waals surface area contributed by atoms with E-state index in [4.69, 9.17) is 15.2 Å². The standard InChI is InChI=1S/C16H16FNO2/c1-10-6-11(8-12(17)7-10)16(18)15-9-19-13-4-2-3-5-14(13)20-15/h2-8,15-16H,9,18H2,1H3. The zero-order chi connectivity index (χ0) is 14.1. The average Bonchev–Trinajstić information content (AvgIpc) is 2.45. The van der Waals surface area contributed by atoms with Crippen LogP contribution in [0.4, 0.5) is 4.39 Å². The number of benzene rings is 2. The quantitative estimate of drug-likeness (QED) is 0.915. The first-order chi connectivity index (χ1) is 9.63. The van der Waals surface area contributed by atoms with Crippen LogP contribution in [-0.2, 0) is 0 Å². The number of fused-ring (bicyclic) bond motifs is 1. The smallest absolute Gasteiger partial charge is 0.161 e. The zero-order valence-corrected chi connectivity index (χ0v) is 11.2. The number of ether oxygens (including phenoxy) is 2. The van der Waals surface area contributed by atoms with Crippen LogP contribution in [0.5, 0.6) is 11.5 Å². The second-order valence-electron chi connectivity index (χ2n) is 5.00. The predicted molar refractivity (Wildman–Crippen MR) is 74.4 cm³/mol. The normalized spacial score (nSPS) is 18.6. The van der Waals surface area contributed by atoms with Crippen LogP contribution in [0.25, 0.3) is 0 Å². The first kappa shape index (κ1) is 12.9. The maximum Gasteiger partial charge on any atom is 0.161 e. The molecule has 0 saturated carbocycles. The molecule has 3 nitrogen and oxygen atoms in total. The molecule has 1 aliphatic rings. The van der Waals surface area contributed by atoms with Crippen molar-refractivity contribution < 1.29 is 13.9 Å². The molecule has 0 saturated heterocycles. The van der Waals surface area contributed by atoms with Gasteiger partial charge in [0.05, 0.1) is 6.04 Å². The fourth-order valence-electron chi connectivity index (χ4n) is 2.38. The first-order valence-electron chi connectivity index (χ1n) is 6.54. The van der Waals surface area contributed by atoms with Crippen molar-refractivity contribution in [2.45, 2.75) is 19.1 Å². The number of nitrogens with two attached hydrogens (primary N) is 1. The number of aryl methyl sites for hydroxylation is 1. The molecule has 0 spiro atoms. The van der Waals surface area contributed by atoms with Crippen molar-refractivity contribution in [2.24, 2.45) is 5.73 Å². The Hall–Kier alpha value is -2.07. The molecule has 0 aliphatic carbocycles. The number of halogens is 1. The van der Waals surface area contributed by atoms with Crippen LogP contribution in [0.2, 0.25) is 0 Å². The van der Waals surface area contributed by atoms with Crippen molar-refractivity contribution in [1.82, 2.24) is 0 Å². The Morgan fingerprint density at radius 3 is 2.70 bits per heavy atom. The molecule has 1 aliphatic heterocycles. The van der Waals surface area contributed by atoms with Crippen molar-refractivity contribution in [1.29, 1.82) is 0 Å². The molecule has 0 fully saturated rings. The van der Waals surface area contributed by atoms with E-state index in [9.17, 15) is 4.39 Å². The van der Waals surface area contributed by atoms with Gasteiger partial charge < -0.3 is 15.2 Å². The van der Waals surface area contributed by atoms with Crippen LogP contribution in [0.3, 0.4) is 0 Å². The first-order valence-corrected chi connectivity index (χ1v) is 6.54. The molecule has 20 heavy (non-hydrogen) atoms. The fraction of sp³-hybridized carbons (Fsp3) is 0.250. The molecule has 2 aromatic rings. The highest BCUT2D eigenvalue weighted by Crippen LogP contribution is 2.33. The molecule has 0 aromatic heterocycles. The lowest BCUT2D eigenvalue weighted by Gasteiger charge is -2.30. The van der Waals surface area contributed by atoms with Gasteiger partial charge in [-0.25, -0.2) is 4.39 Å². The Balaban J connectivity index is 1.83. The van der Waals surface area contributed by atoms with Crippen molar-refractivity contribution in [2.75, 3.05) is 6.61 Å². The number of hydrogen-bond donors (Lipinski definition) is 1. The monoisotopic (exact) mass is 273 g/mol. The Kier molecular flexibility index (Phi) is 3.32. The molecule has 3 rings (SSSR count). The van der Waals surface area contributed by atoms with Crippen molar-refractivity contribution in [3.05, 3.63) is 59.4 Å². The third kappa shape index (κ3) is 2.47. The van der Waals surface area contributed by atoms with Gasteiger partial charge in [0.2, 0.25) is 0 Å². The van der Waals surface area contributed by atoms with Gasteiger partial charge in [-0.15, -0.1) is 0 Å². The van der Waals surface area contributed by atoms with Gasteiger partial charge in [0.15, 0.2) is 17.6 Å². The molecule has 1 heterocycles. The summed E-state index contributed by atoms with van der Waals surface area (Å²) < 4.78 is 25.0. The Bertz CT molecular complexity index is 609. The number of rotatable bonds is 2. The van der Waals surface area contributed by atoms with Gasteiger partial charge in [-0.05, 0) is 42.3 Å². The third-order valence-corrected chi connectivity index (χ3v) is 3.38. The maximum atomic E-state index is 13.5. The van der Waals surface area contributed by atoms with E-state index in [0.717, 1.165) is 11.1 Å². The molecule has 2 aromatic carbocycles. The minimum absolute atomic E-state index is 0.285. The summed E-state index contributed by atoms with van der Waals surface area (Å²) in [6.07, 6.45) is -0.328. The van der Waals surface area contributed by atoms with E-state index >= 15 is 0 Å². The SMILES string of the molecule is Cc1cc(F)cc(C(N)C2COc3ccccc3O2)c1. The summed E-state index contributed by atoms with van der Waals surface area (Å²) in [5.74, 6) is 1.10. The van der Waals surface area contributed by atoms with Gasteiger partial charge in [-0.1, -0.05) is 18.2 Å². The van der Waals surface area contributed by atoms with Gasteiger partial charge in [0.1, 0.15) is 12.4 Å². The van der Waals surface area contributed by atoms with Crippen LogP contribution in [0, 0.1) is 12.7 Å². The lowest BCUT2D eigenvalue weighted by atomic mass is 10.00. The molecule has 4 heteroatoms. The van der Waals surface area contributed by atoms with Gasteiger partial charge in [0.25, 0.3) is 0 Å². The lowest BCUT2D eigenvalue weighted by molar-refractivity contribution is 0.0720. The topological polar surface area (TPSA) is 44.5 Å². The Labute approximate surface area is 117 Å². The molecule has 2 atom stereocenters. The van der Waals surface area contributed by atoms with Crippen LogP contribution >= 0.6 is 0 Å². The van der Waals surface area contributed by atoms with Crippen LogP contribution < -0.4 is 15.2 Å². The maximum absolute atomic E-state index is 13.5. The molecule has 2 unspecified atom stereocenters. The zero-order valence-electron chi connectivity index (χ0n) is 11.2. The van der Waals surface area contributed by atoms with E-state index in [2.05, 4.69) is 0 Å².